The zero-order valence-electron chi connectivity index (χ0n) is 31.5. The van der Waals surface area contributed by atoms with Crippen molar-refractivity contribution >= 4 is 68.6 Å². The average molecular weight is 809 g/mol. The van der Waals surface area contributed by atoms with Crippen molar-refractivity contribution in [2.75, 3.05) is 27.8 Å². The second kappa shape index (κ2) is 16.8. The zero-order chi connectivity index (χ0) is 41.8. The van der Waals surface area contributed by atoms with Gasteiger partial charge in [-0.25, -0.2) is 38.3 Å². The molecule has 16 nitrogen and oxygen atoms in total. The first-order valence-electron chi connectivity index (χ1n) is 18.2. The predicted molar refractivity (Wildman–Crippen MR) is 221 cm³/mol. The van der Waals surface area contributed by atoms with Crippen LogP contribution in [0.5, 0.6) is 0 Å². The third kappa shape index (κ3) is 7.92. The molecule has 0 fully saturated rings. The largest absolute Gasteiger partial charge is 0.399 e. The van der Waals surface area contributed by atoms with Crippen LogP contribution in [0.25, 0.3) is 33.4 Å². The summed E-state index contributed by atoms with van der Waals surface area (Å²) in [7, 11) is 0. The van der Waals surface area contributed by atoms with Gasteiger partial charge in [-0.3, -0.25) is 0 Å². The predicted octanol–water partition coefficient (Wildman–Crippen LogP) is 7.22. The number of amides is 2. The summed E-state index contributed by atoms with van der Waals surface area (Å²) in [5, 5.41) is 5.41. The molecule has 0 spiro atoms. The van der Waals surface area contributed by atoms with Gasteiger partial charge < -0.3 is 46.4 Å². The fourth-order valence-electron chi connectivity index (χ4n) is 6.87. The van der Waals surface area contributed by atoms with Crippen LogP contribution in [-0.4, -0.2) is 41.2 Å². The van der Waals surface area contributed by atoms with Gasteiger partial charge in [0, 0.05) is 39.6 Å². The van der Waals surface area contributed by atoms with Crippen LogP contribution >= 0.6 is 0 Å². The molecule has 2 amide bonds. The molecule has 0 saturated heterocycles. The SMILES string of the molecule is Nc1ccc(-n2c3c(c4ncnc(N)c42)COC3)cc1.Nc1ncnc2c3c(n(-c4ccc(NC(=O)Nc5ccc(F)cc5)cc4)c12)COC3.O=C=Nc1ccc(F)cc1. The number of fused-ring (bicyclic) bond motifs is 6. The smallest absolute Gasteiger partial charge is 0.323 e. The maximum Gasteiger partial charge on any atom is 0.323 e. The molecule has 2 aliphatic heterocycles. The molecule has 0 atom stereocenters. The van der Waals surface area contributed by atoms with Crippen LogP contribution < -0.4 is 27.8 Å². The van der Waals surface area contributed by atoms with E-state index in [0.29, 0.717) is 55.1 Å². The molecule has 8 N–H and O–H groups in total. The van der Waals surface area contributed by atoms with Gasteiger partial charge in [-0.1, -0.05) is 0 Å². The first-order valence-corrected chi connectivity index (χ1v) is 18.2. The zero-order valence-corrected chi connectivity index (χ0v) is 31.5. The number of ether oxygens (including phenoxy) is 2. The summed E-state index contributed by atoms with van der Waals surface area (Å²) in [5.41, 5.74) is 29.4. The van der Waals surface area contributed by atoms with Crippen LogP contribution in [0.3, 0.4) is 0 Å². The maximum absolute atomic E-state index is 13.0. The van der Waals surface area contributed by atoms with E-state index in [-0.39, 0.29) is 11.6 Å². The lowest BCUT2D eigenvalue weighted by molar-refractivity contribution is 0.132. The minimum absolute atomic E-state index is 0.343. The number of halogens is 2. The summed E-state index contributed by atoms with van der Waals surface area (Å²) in [5.74, 6) is 0.165. The fraction of sp³-hybridized carbons (Fsp3) is 0.0952. The Morgan fingerprint density at radius 3 is 1.52 bits per heavy atom. The van der Waals surface area contributed by atoms with Crippen molar-refractivity contribution in [2.24, 2.45) is 4.99 Å². The summed E-state index contributed by atoms with van der Waals surface area (Å²) >= 11 is 0. The number of nitrogen functional groups attached to an aromatic ring is 3. The number of nitrogens with one attached hydrogen (secondary N) is 2. The summed E-state index contributed by atoms with van der Waals surface area (Å²) in [6, 6.07) is 25.4. The first-order chi connectivity index (χ1) is 29.2. The van der Waals surface area contributed by atoms with Crippen LogP contribution in [-0.2, 0) is 40.7 Å². The Hall–Kier alpha value is -8.05. The van der Waals surface area contributed by atoms with Crippen molar-refractivity contribution in [3.63, 3.8) is 0 Å². The van der Waals surface area contributed by atoms with E-state index in [0.717, 1.165) is 61.6 Å². The van der Waals surface area contributed by atoms with Crippen LogP contribution in [0.2, 0.25) is 0 Å². The molecule has 18 heteroatoms. The molecule has 60 heavy (non-hydrogen) atoms. The van der Waals surface area contributed by atoms with Crippen molar-refractivity contribution < 1.29 is 27.8 Å². The lowest BCUT2D eigenvalue weighted by Gasteiger charge is -2.12. The van der Waals surface area contributed by atoms with Crippen LogP contribution in [0.4, 0.5) is 48.0 Å². The van der Waals surface area contributed by atoms with E-state index >= 15 is 0 Å². The minimum Gasteiger partial charge on any atom is -0.399 e. The second-order valence-corrected chi connectivity index (χ2v) is 13.3. The van der Waals surface area contributed by atoms with Crippen LogP contribution in [0, 0.1) is 11.6 Å². The fourth-order valence-corrected chi connectivity index (χ4v) is 6.87. The Kier molecular flexibility index (Phi) is 10.9. The van der Waals surface area contributed by atoms with Gasteiger partial charge in [-0.05, 0) is 97.1 Å². The van der Waals surface area contributed by atoms with Crippen molar-refractivity contribution in [3.8, 4) is 11.4 Å². The van der Waals surface area contributed by atoms with Crippen molar-refractivity contribution in [2.45, 2.75) is 26.4 Å². The highest BCUT2D eigenvalue weighted by Crippen LogP contribution is 2.36. The van der Waals surface area contributed by atoms with Gasteiger partial charge in [-0.2, -0.15) is 4.99 Å². The van der Waals surface area contributed by atoms with Gasteiger partial charge in [-0.15, -0.1) is 0 Å². The van der Waals surface area contributed by atoms with Gasteiger partial charge in [0.2, 0.25) is 6.08 Å². The third-order valence-corrected chi connectivity index (χ3v) is 9.57. The molecule has 10 rings (SSSR count). The van der Waals surface area contributed by atoms with Gasteiger partial charge >= 0.3 is 6.03 Å². The number of hydrogen-bond donors (Lipinski definition) is 5. The van der Waals surface area contributed by atoms with Crippen molar-refractivity contribution in [1.82, 2.24) is 29.1 Å². The molecule has 2 aliphatic rings. The number of nitrogens with two attached hydrogens (primary N) is 3. The Labute approximate surface area is 339 Å². The molecular formula is C42H34F2N12O4. The highest BCUT2D eigenvalue weighted by atomic mass is 19.1. The quantitative estimate of drug-likeness (QED) is 0.0662. The number of nitrogens with zero attached hydrogens (tertiary/aromatic N) is 7. The summed E-state index contributed by atoms with van der Waals surface area (Å²) in [6.07, 6.45) is 4.30. The molecule has 4 aromatic heterocycles. The monoisotopic (exact) mass is 808 g/mol. The highest BCUT2D eigenvalue weighted by Gasteiger charge is 2.27. The molecule has 6 heterocycles. The number of aliphatic imine (C=N–C) groups is 1. The lowest BCUT2D eigenvalue weighted by atomic mass is 10.2. The summed E-state index contributed by atoms with van der Waals surface area (Å²) in [4.78, 5) is 42.1. The number of rotatable bonds is 5. The van der Waals surface area contributed by atoms with Gasteiger partial charge in [0.1, 0.15) is 46.4 Å². The highest BCUT2D eigenvalue weighted by molar-refractivity contribution is 6.00. The Morgan fingerprint density at radius 1 is 0.617 bits per heavy atom. The van der Waals surface area contributed by atoms with E-state index in [1.165, 1.54) is 67.3 Å². The van der Waals surface area contributed by atoms with E-state index < -0.39 is 6.03 Å². The van der Waals surface area contributed by atoms with E-state index in [4.69, 9.17) is 26.7 Å². The van der Waals surface area contributed by atoms with Gasteiger partial charge in [0.05, 0.1) is 43.5 Å². The number of anilines is 5. The minimum atomic E-state index is -0.423. The summed E-state index contributed by atoms with van der Waals surface area (Å²) < 4.78 is 40.4. The number of aromatic nitrogens is 6. The Bertz CT molecular complexity index is 2890. The maximum atomic E-state index is 13.0. The van der Waals surface area contributed by atoms with Crippen LogP contribution in [0.15, 0.2) is 115 Å². The molecule has 0 unspecified atom stereocenters. The number of benzene rings is 4. The number of carbonyl (C=O) groups is 1. The molecule has 0 bridgehead atoms. The van der Waals surface area contributed by atoms with E-state index in [9.17, 15) is 18.4 Å². The van der Waals surface area contributed by atoms with E-state index in [2.05, 4.69) is 40.1 Å². The van der Waals surface area contributed by atoms with E-state index in [1.54, 1.807) is 12.1 Å². The van der Waals surface area contributed by atoms with Gasteiger partial charge in [0.25, 0.3) is 0 Å². The number of carbonyl (C=O) groups excluding carboxylic acids is 2. The molecule has 300 valence electrons. The Balaban J connectivity index is 0.000000142. The topological polar surface area (TPSA) is 228 Å². The van der Waals surface area contributed by atoms with E-state index in [1.807, 2.05) is 41.0 Å². The first kappa shape index (κ1) is 38.8. The number of urea groups is 1. The third-order valence-electron chi connectivity index (χ3n) is 9.57. The lowest BCUT2D eigenvalue weighted by Crippen LogP contribution is -2.19. The molecule has 4 aromatic carbocycles. The van der Waals surface area contributed by atoms with Gasteiger partial charge in [0.15, 0.2) is 11.6 Å². The number of hydrogen-bond acceptors (Lipinski definition) is 12. The standard InChI is InChI=1S/C21H17FN6O2.C14H13N5O.C7H4FNO/c22-12-1-3-13(4-2-12)26-21(29)27-14-5-7-15(8-6-14)28-17-10-30-9-16(17)18-19(28)20(23)25-11-24-18;15-8-1-3-9(4-2-8)19-11-6-20-5-10(11)12-13(19)14(16)18-7-17-12;8-6-1-3-7(4-2-6)9-5-10/h1-8,11H,9-10H2,(H2,23,24,25)(H2,26,27,29);1-4,7H,5-6,15H2,(H2,16,17,18);1-4H. The Morgan fingerprint density at radius 2 is 1.05 bits per heavy atom. The average Bonchev–Trinajstić information content (AvgIpc) is 4.05. The molecule has 0 radical (unpaired) electrons. The number of isocyanates is 1. The van der Waals surface area contributed by atoms with Crippen molar-refractivity contribution in [1.29, 1.82) is 0 Å². The van der Waals surface area contributed by atoms with Crippen molar-refractivity contribution in [3.05, 3.63) is 144 Å². The molecular weight excluding hydrogens is 775 g/mol. The molecule has 8 aromatic rings. The molecule has 0 aliphatic carbocycles. The second-order valence-electron chi connectivity index (χ2n) is 13.3. The summed E-state index contributed by atoms with van der Waals surface area (Å²) in [6.45, 7) is 2.06. The molecule has 0 saturated carbocycles. The normalized spacial score (nSPS) is 12.4. The van der Waals surface area contributed by atoms with Crippen LogP contribution in [0.1, 0.15) is 22.5 Å².